The SMILES string of the molecule is CCc1cc(C)c(OCc2c(I)cccc2N(O)C(=O)OC)cc1C. The number of ether oxygens (including phenoxy) is 2. The Hall–Kier alpha value is -1.80. The fraction of sp³-hybridized carbons (Fsp3) is 0.316. The van der Waals surface area contributed by atoms with Gasteiger partial charge in [-0.1, -0.05) is 19.1 Å². The number of hydrogen-bond acceptors (Lipinski definition) is 4. The summed E-state index contributed by atoms with van der Waals surface area (Å²) in [7, 11) is 1.22. The fourth-order valence-corrected chi connectivity index (χ4v) is 3.25. The van der Waals surface area contributed by atoms with E-state index in [0.29, 0.717) is 16.3 Å². The first kappa shape index (κ1) is 19.5. The summed E-state index contributed by atoms with van der Waals surface area (Å²) < 4.78 is 11.5. The standard InChI is InChI=1S/C19H22INO4/c1-5-14-9-13(3)18(10-12(14)2)25-11-15-16(20)7-6-8-17(15)21(23)19(22)24-4/h6-10,23H,5,11H2,1-4H3. The molecule has 6 heteroatoms. The molecule has 0 saturated carbocycles. The zero-order valence-electron chi connectivity index (χ0n) is 14.8. The summed E-state index contributed by atoms with van der Waals surface area (Å²) >= 11 is 2.15. The summed E-state index contributed by atoms with van der Waals surface area (Å²) in [6, 6.07) is 9.47. The lowest BCUT2D eigenvalue weighted by Gasteiger charge is -2.19. The van der Waals surface area contributed by atoms with Crippen LogP contribution in [-0.4, -0.2) is 18.4 Å². The molecule has 0 bridgehead atoms. The van der Waals surface area contributed by atoms with E-state index in [1.165, 1.54) is 18.2 Å². The Morgan fingerprint density at radius 1 is 1.24 bits per heavy atom. The highest BCUT2D eigenvalue weighted by molar-refractivity contribution is 14.1. The fourth-order valence-electron chi connectivity index (χ4n) is 2.61. The van der Waals surface area contributed by atoms with Crippen molar-refractivity contribution in [1.29, 1.82) is 0 Å². The van der Waals surface area contributed by atoms with Gasteiger partial charge >= 0.3 is 6.09 Å². The smallest absolute Gasteiger partial charge is 0.438 e. The predicted molar refractivity (Wildman–Crippen MR) is 105 cm³/mol. The molecule has 2 aromatic carbocycles. The van der Waals surface area contributed by atoms with Crippen LogP contribution in [0.4, 0.5) is 10.5 Å². The van der Waals surface area contributed by atoms with Gasteiger partial charge in [-0.25, -0.2) is 4.79 Å². The minimum absolute atomic E-state index is 0.230. The van der Waals surface area contributed by atoms with Gasteiger partial charge in [0, 0.05) is 9.13 Å². The van der Waals surface area contributed by atoms with Gasteiger partial charge in [0.1, 0.15) is 12.4 Å². The van der Waals surface area contributed by atoms with Gasteiger partial charge in [0.15, 0.2) is 0 Å². The van der Waals surface area contributed by atoms with E-state index in [4.69, 9.17) is 4.74 Å². The van der Waals surface area contributed by atoms with Crippen molar-refractivity contribution in [1.82, 2.24) is 0 Å². The van der Waals surface area contributed by atoms with Gasteiger partial charge in [-0.2, -0.15) is 5.06 Å². The van der Waals surface area contributed by atoms with Gasteiger partial charge in [0.05, 0.1) is 12.8 Å². The predicted octanol–water partition coefficient (Wildman–Crippen LogP) is 5.01. The molecule has 0 aliphatic rings. The molecule has 2 aromatic rings. The highest BCUT2D eigenvalue weighted by Gasteiger charge is 2.19. The van der Waals surface area contributed by atoms with Crippen LogP contribution in [-0.2, 0) is 17.8 Å². The normalized spacial score (nSPS) is 10.5. The van der Waals surface area contributed by atoms with Crippen molar-refractivity contribution in [3.63, 3.8) is 0 Å². The largest absolute Gasteiger partial charge is 0.489 e. The minimum atomic E-state index is -0.845. The zero-order chi connectivity index (χ0) is 18.6. The number of anilines is 1. The van der Waals surface area contributed by atoms with Crippen LogP contribution in [0.15, 0.2) is 30.3 Å². The quantitative estimate of drug-likeness (QED) is 0.391. The molecule has 0 aromatic heterocycles. The zero-order valence-corrected chi connectivity index (χ0v) is 17.0. The second kappa shape index (κ2) is 8.53. The Morgan fingerprint density at radius 2 is 1.96 bits per heavy atom. The lowest BCUT2D eigenvalue weighted by atomic mass is 10.0. The summed E-state index contributed by atoms with van der Waals surface area (Å²) in [4.78, 5) is 11.6. The monoisotopic (exact) mass is 455 g/mol. The number of benzene rings is 2. The Morgan fingerprint density at radius 3 is 2.60 bits per heavy atom. The summed E-state index contributed by atoms with van der Waals surface area (Å²) in [5, 5.41) is 10.6. The number of methoxy groups -OCH3 is 1. The molecule has 25 heavy (non-hydrogen) atoms. The third-order valence-corrected chi connectivity index (χ3v) is 5.07. The summed E-state index contributed by atoms with van der Waals surface area (Å²) in [6.45, 7) is 6.44. The molecule has 1 N–H and O–H groups in total. The molecule has 5 nitrogen and oxygen atoms in total. The van der Waals surface area contributed by atoms with Crippen LogP contribution >= 0.6 is 22.6 Å². The van der Waals surface area contributed by atoms with E-state index in [-0.39, 0.29) is 6.61 Å². The van der Waals surface area contributed by atoms with Crippen LogP contribution < -0.4 is 9.80 Å². The van der Waals surface area contributed by atoms with E-state index in [9.17, 15) is 10.0 Å². The van der Waals surface area contributed by atoms with Gasteiger partial charge in [-0.15, -0.1) is 0 Å². The number of halogens is 1. The van der Waals surface area contributed by atoms with E-state index in [2.05, 4.69) is 47.2 Å². The molecule has 0 fully saturated rings. The van der Waals surface area contributed by atoms with Gasteiger partial charge in [0.2, 0.25) is 0 Å². The minimum Gasteiger partial charge on any atom is -0.489 e. The van der Waals surface area contributed by atoms with E-state index < -0.39 is 6.09 Å². The molecule has 134 valence electrons. The Kier molecular flexibility index (Phi) is 6.66. The van der Waals surface area contributed by atoms with Crippen LogP contribution in [0.1, 0.15) is 29.2 Å². The van der Waals surface area contributed by atoms with Crippen molar-refractivity contribution in [2.24, 2.45) is 0 Å². The Bertz CT molecular complexity index is 776. The third-order valence-electron chi connectivity index (χ3n) is 4.06. The van der Waals surface area contributed by atoms with Crippen molar-refractivity contribution in [2.45, 2.75) is 33.8 Å². The van der Waals surface area contributed by atoms with Crippen molar-refractivity contribution in [3.05, 3.63) is 56.2 Å². The van der Waals surface area contributed by atoms with Crippen molar-refractivity contribution < 1.29 is 19.5 Å². The van der Waals surface area contributed by atoms with E-state index >= 15 is 0 Å². The number of aryl methyl sites for hydroxylation is 3. The second-order valence-corrected chi connectivity index (χ2v) is 6.87. The molecule has 1 amide bonds. The molecule has 2 rings (SSSR count). The maximum Gasteiger partial charge on any atom is 0.438 e. The lowest BCUT2D eigenvalue weighted by molar-refractivity contribution is 0.140. The number of amides is 1. The van der Waals surface area contributed by atoms with E-state index in [0.717, 1.165) is 21.3 Å². The molecule has 0 saturated heterocycles. The molecule has 0 aliphatic carbocycles. The Balaban J connectivity index is 2.30. The average molecular weight is 455 g/mol. The first-order valence-electron chi connectivity index (χ1n) is 7.96. The van der Waals surface area contributed by atoms with Gasteiger partial charge in [-0.3, -0.25) is 5.21 Å². The van der Waals surface area contributed by atoms with E-state index in [1.54, 1.807) is 12.1 Å². The van der Waals surface area contributed by atoms with Crippen LogP contribution in [0.5, 0.6) is 5.75 Å². The van der Waals surface area contributed by atoms with Crippen LogP contribution in [0.2, 0.25) is 0 Å². The topological polar surface area (TPSA) is 59.0 Å². The molecule has 0 radical (unpaired) electrons. The summed E-state index contributed by atoms with van der Waals surface area (Å²) in [5.41, 5.74) is 4.60. The number of carbonyl (C=O) groups excluding carboxylic acids is 1. The van der Waals surface area contributed by atoms with Gasteiger partial charge in [-0.05, 0) is 77.7 Å². The summed E-state index contributed by atoms with van der Waals surface area (Å²) in [5.74, 6) is 0.794. The van der Waals surface area contributed by atoms with Gasteiger partial charge in [0.25, 0.3) is 0 Å². The number of hydroxylamine groups is 1. The van der Waals surface area contributed by atoms with Crippen LogP contribution in [0.3, 0.4) is 0 Å². The first-order chi connectivity index (χ1) is 11.9. The van der Waals surface area contributed by atoms with Crippen molar-refractivity contribution in [2.75, 3.05) is 12.2 Å². The molecular weight excluding hydrogens is 433 g/mol. The van der Waals surface area contributed by atoms with Gasteiger partial charge < -0.3 is 9.47 Å². The number of carbonyl (C=O) groups is 1. The van der Waals surface area contributed by atoms with E-state index in [1.807, 2.05) is 19.1 Å². The number of rotatable bonds is 5. The first-order valence-corrected chi connectivity index (χ1v) is 9.04. The molecule has 0 aliphatic heterocycles. The van der Waals surface area contributed by atoms with Crippen molar-refractivity contribution >= 4 is 34.4 Å². The summed E-state index contributed by atoms with van der Waals surface area (Å²) in [6.07, 6.45) is 0.134. The third kappa shape index (κ3) is 4.43. The molecule has 0 atom stereocenters. The number of hydrogen-bond donors (Lipinski definition) is 1. The molecule has 0 unspecified atom stereocenters. The molecular formula is C19H22INO4. The molecule has 0 spiro atoms. The number of nitrogens with zero attached hydrogens (tertiary/aromatic N) is 1. The molecule has 0 heterocycles. The van der Waals surface area contributed by atoms with Crippen molar-refractivity contribution in [3.8, 4) is 5.75 Å². The maximum absolute atomic E-state index is 11.6. The highest BCUT2D eigenvalue weighted by Crippen LogP contribution is 2.29. The van der Waals surface area contributed by atoms with Crippen LogP contribution in [0, 0.1) is 17.4 Å². The second-order valence-electron chi connectivity index (χ2n) is 5.71. The Labute approximate surface area is 161 Å². The lowest BCUT2D eigenvalue weighted by Crippen LogP contribution is -2.28. The average Bonchev–Trinajstić information content (AvgIpc) is 2.61. The maximum atomic E-state index is 11.6. The van der Waals surface area contributed by atoms with Crippen LogP contribution in [0.25, 0.3) is 0 Å². The highest BCUT2D eigenvalue weighted by atomic mass is 127.